The molecule has 0 spiro atoms. The molecule has 0 bridgehead atoms. The largest absolute Gasteiger partial charge is 0.497 e. The summed E-state index contributed by atoms with van der Waals surface area (Å²) in [4.78, 5) is 25.8. The Hall–Kier alpha value is -2.37. The Morgan fingerprint density at radius 1 is 1.20 bits per heavy atom. The van der Waals surface area contributed by atoms with Gasteiger partial charge in [-0.25, -0.2) is 5.43 Å². The number of methoxy groups -OCH3 is 1. The first kappa shape index (κ1) is 17.5. The molecule has 3 rings (SSSR count). The van der Waals surface area contributed by atoms with Crippen LogP contribution in [0.5, 0.6) is 5.75 Å². The Kier molecular flexibility index (Phi) is 5.68. The lowest BCUT2D eigenvalue weighted by atomic mass is 9.90. The molecule has 25 heavy (non-hydrogen) atoms. The van der Waals surface area contributed by atoms with Crippen molar-refractivity contribution >= 4 is 17.5 Å². The molecule has 0 atom stereocenters. The second-order valence-corrected chi connectivity index (χ2v) is 6.60. The van der Waals surface area contributed by atoms with Gasteiger partial charge in [0.1, 0.15) is 12.3 Å². The van der Waals surface area contributed by atoms with Crippen LogP contribution < -0.4 is 10.2 Å². The van der Waals surface area contributed by atoms with Gasteiger partial charge in [-0.1, -0.05) is 6.42 Å². The Morgan fingerprint density at radius 2 is 2.08 bits per heavy atom. The van der Waals surface area contributed by atoms with Crippen LogP contribution in [0.4, 0.5) is 0 Å². The van der Waals surface area contributed by atoms with Gasteiger partial charge in [0.25, 0.3) is 5.91 Å². The third-order valence-electron chi connectivity index (χ3n) is 4.80. The average molecular weight is 343 g/mol. The second kappa shape index (κ2) is 8.14. The zero-order valence-corrected chi connectivity index (χ0v) is 14.7. The first-order chi connectivity index (χ1) is 12.2. The number of nitrogens with zero attached hydrogens (tertiary/aromatic N) is 2. The molecular weight excluding hydrogens is 318 g/mol. The van der Waals surface area contributed by atoms with E-state index in [4.69, 9.17) is 4.74 Å². The van der Waals surface area contributed by atoms with Crippen molar-refractivity contribution in [2.75, 3.05) is 20.2 Å². The van der Waals surface area contributed by atoms with Gasteiger partial charge in [-0.3, -0.25) is 9.59 Å². The highest BCUT2D eigenvalue weighted by Crippen LogP contribution is 2.25. The molecule has 134 valence electrons. The average Bonchev–Trinajstić information content (AvgIpc) is 2.83. The number of likely N-dealkylation sites (tertiary alicyclic amines) is 1. The standard InChI is InChI=1S/C19H25N3O3/c1-25-15-9-10-16-14(12-15)6-5-7-17(16)20-21-18(23)13-22-11-4-2-3-8-19(22)24/h9-10,12H,2-8,11,13H2,1H3,(H,21,23). The van der Waals surface area contributed by atoms with E-state index in [2.05, 4.69) is 10.5 Å². The minimum absolute atomic E-state index is 0.0652. The molecule has 6 nitrogen and oxygen atoms in total. The molecule has 1 saturated heterocycles. The van der Waals surface area contributed by atoms with E-state index in [0.717, 1.165) is 55.5 Å². The van der Waals surface area contributed by atoms with Crippen molar-refractivity contribution in [2.45, 2.75) is 44.9 Å². The summed E-state index contributed by atoms with van der Waals surface area (Å²) in [6.45, 7) is 0.747. The fourth-order valence-electron chi connectivity index (χ4n) is 3.43. The molecule has 0 aromatic heterocycles. The van der Waals surface area contributed by atoms with Crippen LogP contribution in [0.25, 0.3) is 0 Å². The Labute approximate surface area is 148 Å². The molecule has 1 aromatic rings. The predicted octanol–water partition coefficient (Wildman–Crippen LogP) is 2.25. The molecule has 1 aliphatic heterocycles. The molecule has 0 unspecified atom stereocenters. The quantitative estimate of drug-likeness (QED) is 0.853. The van der Waals surface area contributed by atoms with Crippen molar-refractivity contribution in [3.05, 3.63) is 29.3 Å². The number of benzene rings is 1. The molecule has 1 aliphatic carbocycles. The molecule has 0 saturated carbocycles. The fraction of sp³-hybridized carbons (Fsp3) is 0.526. The van der Waals surface area contributed by atoms with Crippen LogP contribution in [0, 0.1) is 0 Å². The first-order valence-corrected chi connectivity index (χ1v) is 8.98. The minimum atomic E-state index is -0.233. The van der Waals surface area contributed by atoms with Crippen LogP contribution >= 0.6 is 0 Å². The number of fused-ring (bicyclic) bond motifs is 1. The number of ether oxygens (including phenoxy) is 1. The molecule has 0 radical (unpaired) electrons. The number of hydrogen-bond donors (Lipinski definition) is 1. The summed E-state index contributed by atoms with van der Waals surface area (Å²) in [5.74, 6) is 0.669. The maximum Gasteiger partial charge on any atom is 0.259 e. The van der Waals surface area contributed by atoms with Crippen LogP contribution in [0.2, 0.25) is 0 Å². The van der Waals surface area contributed by atoms with E-state index >= 15 is 0 Å². The highest BCUT2D eigenvalue weighted by Gasteiger charge is 2.20. The first-order valence-electron chi connectivity index (χ1n) is 8.98. The number of carbonyl (C=O) groups is 2. The van der Waals surface area contributed by atoms with Gasteiger partial charge in [-0.2, -0.15) is 5.10 Å². The number of hydrazone groups is 1. The Bertz CT molecular complexity index is 684. The van der Waals surface area contributed by atoms with E-state index in [-0.39, 0.29) is 18.4 Å². The van der Waals surface area contributed by atoms with Crippen molar-refractivity contribution in [3.63, 3.8) is 0 Å². The van der Waals surface area contributed by atoms with Gasteiger partial charge in [0.15, 0.2) is 0 Å². The lowest BCUT2D eigenvalue weighted by Crippen LogP contribution is -2.39. The lowest BCUT2D eigenvalue weighted by molar-refractivity contribution is -0.135. The van der Waals surface area contributed by atoms with Crippen LogP contribution in [-0.4, -0.2) is 42.6 Å². The molecule has 1 fully saturated rings. The number of hydrogen-bond acceptors (Lipinski definition) is 4. The van der Waals surface area contributed by atoms with Crippen molar-refractivity contribution in [1.29, 1.82) is 0 Å². The number of nitrogens with one attached hydrogen (secondary N) is 1. The van der Waals surface area contributed by atoms with E-state index in [1.54, 1.807) is 12.0 Å². The van der Waals surface area contributed by atoms with Gasteiger partial charge in [0.2, 0.25) is 5.91 Å². The SMILES string of the molecule is COc1ccc2c(c1)CCCC2=NNC(=O)CN1CCCCCC1=O. The minimum Gasteiger partial charge on any atom is -0.497 e. The van der Waals surface area contributed by atoms with Crippen molar-refractivity contribution in [3.8, 4) is 5.75 Å². The number of rotatable bonds is 4. The monoisotopic (exact) mass is 343 g/mol. The van der Waals surface area contributed by atoms with Crippen molar-refractivity contribution in [1.82, 2.24) is 10.3 Å². The Morgan fingerprint density at radius 3 is 2.92 bits per heavy atom. The summed E-state index contributed by atoms with van der Waals surface area (Å²) in [5.41, 5.74) is 5.79. The zero-order valence-electron chi connectivity index (χ0n) is 14.7. The van der Waals surface area contributed by atoms with Gasteiger partial charge in [-0.15, -0.1) is 0 Å². The number of aryl methyl sites for hydroxylation is 1. The van der Waals surface area contributed by atoms with Gasteiger partial charge in [0.05, 0.1) is 12.8 Å². The van der Waals surface area contributed by atoms with Gasteiger partial charge >= 0.3 is 0 Å². The van der Waals surface area contributed by atoms with Gasteiger partial charge in [-0.05, 0) is 55.9 Å². The van der Waals surface area contributed by atoms with E-state index in [1.807, 2.05) is 18.2 Å². The van der Waals surface area contributed by atoms with E-state index in [1.165, 1.54) is 5.56 Å². The summed E-state index contributed by atoms with van der Waals surface area (Å²) < 4.78 is 5.27. The fourth-order valence-corrected chi connectivity index (χ4v) is 3.43. The van der Waals surface area contributed by atoms with Gasteiger partial charge in [0, 0.05) is 18.5 Å². The number of amides is 2. The molecule has 1 aromatic carbocycles. The molecule has 1 heterocycles. The van der Waals surface area contributed by atoms with E-state index in [0.29, 0.717) is 13.0 Å². The Balaban J connectivity index is 1.64. The lowest BCUT2D eigenvalue weighted by Gasteiger charge is -2.20. The maximum absolute atomic E-state index is 12.2. The molecular formula is C19H25N3O3. The van der Waals surface area contributed by atoms with Crippen LogP contribution in [0.15, 0.2) is 23.3 Å². The van der Waals surface area contributed by atoms with Crippen LogP contribution in [-0.2, 0) is 16.0 Å². The number of carbonyl (C=O) groups excluding carboxylic acids is 2. The summed E-state index contributed by atoms with van der Waals surface area (Å²) in [5, 5.41) is 4.33. The molecule has 6 heteroatoms. The summed E-state index contributed by atoms with van der Waals surface area (Å²) in [6, 6.07) is 5.94. The second-order valence-electron chi connectivity index (χ2n) is 6.60. The summed E-state index contributed by atoms with van der Waals surface area (Å²) in [6.07, 6.45) is 6.29. The van der Waals surface area contributed by atoms with Crippen molar-refractivity contribution in [2.24, 2.45) is 5.10 Å². The maximum atomic E-state index is 12.2. The highest BCUT2D eigenvalue weighted by atomic mass is 16.5. The normalized spacial score (nSPS) is 19.3. The summed E-state index contributed by atoms with van der Waals surface area (Å²) in [7, 11) is 1.66. The zero-order chi connectivity index (χ0) is 17.6. The van der Waals surface area contributed by atoms with E-state index in [9.17, 15) is 9.59 Å². The molecule has 1 N–H and O–H groups in total. The molecule has 2 aliphatic rings. The van der Waals surface area contributed by atoms with Crippen molar-refractivity contribution < 1.29 is 14.3 Å². The van der Waals surface area contributed by atoms with E-state index < -0.39 is 0 Å². The molecule has 2 amide bonds. The topological polar surface area (TPSA) is 71.0 Å². The van der Waals surface area contributed by atoms with Gasteiger partial charge < -0.3 is 9.64 Å². The summed E-state index contributed by atoms with van der Waals surface area (Å²) >= 11 is 0. The van der Waals surface area contributed by atoms with Crippen LogP contribution in [0.3, 0.4) is 0 Å². The predicted molar refractivity (Wildman–Crippen MR) is 95.7 cm³/mol. The van der Waals surface area contributed by atoms with Crippen LogP contribution in [0.1, 0.15) is 49.7 Å². The highest BCUT2D eigenvalue weighted by molar-refractivity contribution is 6.03. The third-order valence-corrected chi connectivity index (χ3v) is 4.80. The third kappa shape index (κ3) is 4.38. The smallest absolute Gasteiger partial charge is 0.259 e.